The minimum Gasteiger partial charge on any atom is -0.384 e. The van der Waals surface area contributed by atoms with E-state index in [-0.39, 0.29) is 5.82 Å². The third-order valence-electron chi connectivity index (χ3n) is 2.07. The van der Waals surface area contributed by atoms with Crippen molar-refractivity contribution in [2.24, 2.45) is 0 Å². The van der Waals surface area contributed by atoms with Crippen LogP contribution in [0.25, 0.3) is 11.4 Å². The quantitative estimate of drug-likeness (QED) is 0.877. The van der Waals surface area contributed by atoms with Crippen LogP contribution in [-0.2, 0) is 6.54 Å². The van der Waals surface area contributed by atoms with Crippen LogP contribution in [0.4, 0.5) is 19.0 Å². The molecular formula is C10H9F3N4. The lowest BCUT2D eigenvalue weighted by Crippen LogP contribution is -2.19. The van der Waals surface area contributed by atoms with Crippen molar-refractivity contribution in [1.82, 2.24) is 14.8 Å². The third kappa shape index (κ3) is 2.74. The normalized spacial score (nSPS) is 11.7. The Bertz CT molecular complexity index is 504. The lowest BCUT2D eigenvalue weighted by molar-refractivity contribution is -0.142. The van der Waals surface area contributed by atoms with Crippen LogP contribution < -0.4 is 5.73 Å². The third-order valence-corrected chi connectivity index (χ3v) is 2.07. The molecule has 90 valence electrons. The number of rotatable bonds is 2. The average molecular weight is 242 g/mol. The molecule has 17 heavy (non-hydrogen) atoms. The Balaban J connectivity index is 2.31. The highest BCUT2D eigenvalue weighted by atomic mass is 19.4. The Hall–Kier alpha value is -2.05. The molecule has 0 unspecified atom stereocenters. The fraction of sp³-hybridized carbons (Fsp3) is 0.200. The van der Waals surface area contributed by atoms with E-state index in [1.165, 1.54) is 12.3 Å². The molecule has 0 spiro atoms. The summed E-state index contributed by atoms with van der Waals surface area (Å²) in [7, 11) is 0. The van der Waals surface area contributed by atoms with Gasteiger partial charge < -0.3 is 5.73 Å². The number of anilines is 1. The van der Waals surface area contributed by atoms with Crippen LogP contribution >= 0.6 is 0 Å². The predicted molar refractivity (Wildman–Crippen MR) is 55.9 cm³/mol. The van der Waals surface area contributed by atoms with E-state index in [1.54, 1.807) is 18.2 Å². The number of alkyl halides is 3. The number of hydrogen-bond acceptors (Lipinski definition) is 3. The van der Waals surface area contributed by atoms with Gasteiger partial charge in [0.25, 0.3) is 0 Å². The number of pyridine rings is 1. The standard InChI is InChI=1S/C10H9F3N4/c11-10(12,13)6-17-9(14)5-8(16-17)7-3-1-2-4-15-7/h1-5H,6,14H2. The molecule has 0 amide bonds. The van der Waals surface area contributed by atoms with Gasteiger partial charge in [-0.2, -0.15) is 18.3 Å². The molecule has 0 saturated heterocycles. The Labute approximate surface area is 94.9 Å². The first-order valence-electron chi connectivity index (χ1n) is 4.77. The van der Waals surface area contributed by atoms with Crippen molar-refractivity contribution < 1.29 is 13.2 Å². The summed E-state index contributed by atoms with van der Waals surface area (Å²) in [6, 6.07) is 6.45. The van der Waals surface area contributed by atoms with E-state index in [2.05, 4.69) is 10.1 Å². The molecule has 0 atom stereocenters. The van der Waals surface area contributed by atoms with Gasteiger partial charge in [0.05, 0.1) is 5.69 Å². The Morgan fingerprint density at radius 1 is 1.24 bits per heavy atom. The van der Waals surface area contributed by atoms with E-state index in [4.69, 9.17) is 5.73 Å². The summed E-state index contributed by atoms with van der Waals surface area (Å²) in [5.41, 5.74) is 6.27. The molecule has 0 bridgehead atoms. The molecule has 0 aromatic carbocycles. The first kappa shape index (κ1) is 11.4. The summed E-state index contributed by atoms with van der Waals surface area (Å²) in [5.74, 6) is -0.0389. The molecule has 0 radical (unpaired) electrons. The molecule has 2 heterocycles. The fourth-order valence-electron chi connectivity index (χ4n) is 1.37. The van der Waals surface area contributed by atoms with E-state index in [9.17, 15) is 13.2 Å². The van der Waals surface area contributed by atoms with Crippen molar-refractivity contribution in [2.45, 2.75) is 12.7 Å². The highest BCUT2D eigenvalue weighted by Crippen LogP contribution is 2.22. The van der Waals surface area contributed by atoms with Crippen LogP contribution in [0, 0.1) is 0 Å². The number of nitrogen functional groups attached to an aromatic ring is 1. The lowest BCUT2D eigenvalue weighted by atomic mass is 10.3. The van der Waals surface area contributed by atoms with Gasteiger partial charge >= 0.3 is 6.18 Å². The van der Waals surface area contributed by atoms with E-state index >= 15 is 0 Å². The van der Waals surface area contributed by atoms with E-state index in [0.717, 1.165) is 0 Å². The summed E-state index contributed by atoms with van der Waals surface area (Å²) in [6.45, 7) is -1.20. The number of halogens is 3. The predicted octanol–water partition coefficient (Wildman–Crippen LogP) is 2.09. The maximum atomic E-state index is 12.2. The maximum Gasteiger partial charge on any atom is 0.408 e. The van der Waals surface area contributed by atoms with Gasteiger partial charge in [-0.3, -0.25) is 4.98 Å². The van der Waals surface area contributed by atoms with Crippen molar-refractivity contribution in [1.29, 1.82) is 0 Å². The second-order valence-corrected chi connectivity index (χ2v) is 3.44. The molecule has 2 rings (SSSR count). The first-order valence-corrected chi connectivity index (χ1v) is 4.77. The van der Waals surface area contributed by atoms with Gasteiger partial charge in [-0.15, -0.1) is 0 Å². The zero-order chi connectivity index (χ0) is 12.5. The van der Waals surface area contributed by atoms with Crippen LogP contribution in [0.2, 0.25) is 0 Å². The topological polar surface area (TPSA) is 56.7 Å². The van der Waals surface area contributed by atoms with Crippen molar-refractivity contribution in [2.75, 3.05) is 5.73 Å². The summed E-state index contributed by atoms with van der Waals surface area (Å²) < 4.78 is 37.3. The minimum atomic E-state index is -4.35. The molecule has 0 aliphatic carbocycles. The molecule has 0 aliphatic rings. The van der Waals surface area contributed by atoms with Crippen molar-refractivity contribution in [3.05, 3.63) is 30.5 Å². The van der Waals surface area contributed by atoms with E-state index < -0.39 is 12.7 Å². The second-order valence-electron chi connectivity index (χ2n) is 3.44. The summed E-state index contributed by atoms with van der Waals surface area (Å²) in [6.07, 6.45) is -2.81. The number of hydrogen-bond donors (Lipinski definition) is 1. The number of nitrogens with two attached hydrogens (primary N) is 1. The van der Waals surface area contributed by atoms with Crippen LogP contribution in [-0.4, -0.2) is 20.9 Å². The van der Waals surface area contributed by atoms with Gasteiger partial charge in [-0.05, 0) is 12.1 Å². The molecule has 2 aromatic heterocycles. The van der Waals surface area contributed by atoms with Crippen molar-refractivity contribution in [3.63, 3.8) is 0 Å². The summed E-state index contributed by atoms with van der Waals surface area (Å²) >= 11 is 0. The Morgan fingerprint density at radius 3 is 2.59 bits per heavy atom. The first-order chi connectivity index (χ1) is 7.96. The van der Waals surface area contributed by atoms with Gasteiger partial charge in [0.2, 0.25) is 0 Å². The van der Waals surface area contributed by atoms with Crippen LogP contribution in [0.3, 0.4) is 0 Å². The zero-order valence-corrected chi connectivity index (χ0v) is 8.65. The average Bonchev–Trinajstić information content (AvgIpc) is 2.59. The Morgan fingerprint density at radius 2 is 2.00 bits per heavy atom. The molecule has 0 saturated carbocycles. The van der Waals surface area contributed by atoms with Crippen LogP contribution in [0.15, 0.2) is 30.5 Å². The zero-order valence-electron chi connectivity index (χ0n) is 8.65. The maximum absolute atomic E-state index is 12.2. The van der Waals surface area contributed by atoms with Gasteiger partial charge in [-0.25, -0.2) is 4.68 Å². The monoisotopic (exact) mass is 242 g/mol. The summed E-state index contributed by atoms with van der Waals surface area (Å²) in [4.78, 5) is 3.99. The van der Waals surface area contributed by atoms with Gasteiger partial charge in [0.1, 0.15) is 18.1 Å². The second kappa shape index (κ2) is 4.08. The lowest BCUT2D eigenvalue weighted by Gasteiger charge is -2.07. The molecule has 2 aromatic rings. The van der Waals surface area contributed by atoms with Crippen molar-refractivity contribution >= 4 is 5.82 Å². The highest BCUT2D eigenvalue weighted by Gasteiger charge is 2.29. The highest BCUT2D eigenvalue weighted by molar-refractivity contribution is 5.57. The molecule has 0 fully saturated rings. The molecule has 2 N–H and O–H groups in total. The van der Waals surface area contributed by atoms with Crippen LogP contribution in [0.1, 0.15) is 0 Å². The fourth-order valence-corrected chi connectivity index (χ4v) is 1.37. The SMILES string of the molecule is Nc1cc(-c2ccccn2)nn1CC(F)(F)F. The van der Waals surface area contributed by atoms with Gasteiger partial charge in [-0.1, -0.05) is 6.07 Å². The van der Waals surface area contributed by atoms with Crippen LogP contribution in [0.5, 0.6) is 0 Å². The molecule has 4 nitrogen and oxygen atoms in total. The van der Waals surface area contributed by atoms with E-state index in [0.29, 0.717) is 16.1 Å². The summed E-state index contributed by atoms with van der Waals surface area (Å²) in [5, 5.41) is 3.77. The molecule has 7 heteroatoms. The number of aromatic nitrogens is 3. The van der Waals surface area contributed by atoms with Gasteiger partial charge in [0, 0.05) is 12.3 Å². The Kier molecular flexibility index (Phi) is 2.74. The molecular weight excluding hydrogens is 233 g/mol. The van der Waals surface area contributed by atoms with E-state index in [1.807, 2.05) is 0 Å². The van der Waals surface area contributed by atoms with Gasteiger partial charge in [0.15, 0.2) is 0 Å². The minimum absolute atomic E-state index is 0.0389. The largest absolute Gasteiger partial charge is 0.408 e. The number of nitrogens with zero attached hydrogens (tertiary/aromatic N) is 3. The molecule has 0 aliphatic heterocycles. The van der Waals surface area contributed by atoms with Crippen molar-refractivity contribution in [3.8, 4) is 11.4 Å². The smallest absolute Gasteiger partial charge is 0.384 e.